The van der Waals surface area contributed by atoms with E-state index in [0.29, 0.717) is 0 Å². The molecule has 1 unspecified atom stereocenters. The van der Waals surface area contributed by atoms with Crippen molar-refractivity contribution in [2.75, 3.05) is 0 Å². The van der Waals surface area contributed by atoms with Gasteiger partial charge in [-0.2, -0.15) is 0 Å². The highest BCUT2D eigenvalue weighted by Crippen LogP contribution is 2.24. The van der Waals surface area contributed by atoms with Crippen LogP contribution in [0.3, 0.4) is 0 Å². The summed E-state index contributed by atoms with van der Waals surface area (Å²) < 4.78 is 0. The summed E-state index contributed by atoms with van der Waals surface area (Å²) in [7, 11) is 0. The molecule has 0 spiro atoms. The Kier molecular flexibility index (Phi) is 3.40. The van der Waals surface area contributed by atoms with Crippen molar-refractivity contribution in [3.63, 3.8) is 0 Å². The summed E-state index contributed by atoms with van der Waals surface area (Å²) in [6, 6.07) is 0. The zero-order valence-electron chi connectivity index (χ0n) is 7.35. The fourth-order valence-electron chi connectivity index (χ4n) is 0.935. The molecule has 0 N–H and O–H groups in total. The third kappa shape index (κ3) is 2.85. The molecule has 10 heavy (non-hydrogen) atoms. The number of rotatable bonds is 3. The van der Waals surface area contributed by atoms with Crippen LogP contribution in [-0.2, 0) is 4.84 Å². The van der Waals surface area contributed by atoms with E-state index in [4.69, 9.17) is 4.84 Å². The van der Waals surface area contributed by atoms with Crippen LogP contribution in [0.5, 0.6) is 0 Å². The molecule has 0 aromatic carbocycles. The van der Waals surface area contributed by atoms with Gasteiger partial charge in [0.25, 0.3) is 0 Å². The minimum atomic E-state index is 0.163. The molecule has 2 heteroatoms. The van der Waals surface area contributed by atoms with E-state index in [1.54, 1.807) is 0 Å². The van der Waals surface area contributed by atoms with Crippen LogP contribution in [-0.4, -0.2) is 12.8 Å². The van der Waals surface area contributed by atoms with E-state index in [1.807, 2.05) is 0 Å². The largest absolute Gasteiger partial charge is 0.393 e. The second-order valence-corrected chi connectivity index (χ2v) is 3.50. The van der Waals surface area contributed by atoms with Gasteiger partial charge in [-0.3, -0.25) is 0 Å². The highest BCUT2D eigenvalue weighted by Gasteiger charge is 2.24. The Morgan fingerprint density at radius 2 is 2.00 bits per heavy atom. The smallest absolute Gasteiger partial charge is 0.132 e. The van der Waals surface area contributed by atoms with Gasteiger partial charge < -0.3 is 4.84 Å². The average molecular weight is 143 g/mol. The number of oxime groups is 1. The molecule has 0 rings (SSSR count). The van der Waals surface area contributed by atoms with Gasteiger partial charge in [0.15, 0.2) is 0 Å². The summed E-state index contributed by atoms with van der Waals surface area (Å²) >= 11 is 0. The molecular formula is C8H17NO. The summed E-state index contributed by atoms with van der Waals surface area (Å²) in [6.45, 7) is 11.8. The quantitative estimate of drug-likeness (QED) is 0.439. The van der Waals surface area contributed by atoms with Crippen LogP contribution in [0.4, 0.5) is 0 Å². The Hall–Kier alpha value is -0.530. The standard InChI is InChI=1S/C8H17NO/c1-6-7(10-9-5)8(2,3)4/h7H,5-6H2,1-4H3. The summed E-state index contributed by atoms with van der Waals surface area (Å²) in [5.74, 6) is 0. The molecule has 0 fully saturated rings. The molecule has 1 atom stereocenters. The first-order valence-corrected chi connectivity index (χ1v) is 3.64. The highest BCUT2D eigenvalue weighted by molar-refractivity contribution is 5.21. The summed E-state index contributed by atoms with van der Waals surface area (Å²) in [5.41, 5.74) is 0.163. The molecule has 0 aliphatic rings. The minimum Gasteiger partial charge on any atom is -0.393 e. The molecular weight excluding hydrogens is 126 g/mol. The van der Waals surface area contributed by atoms with Crippen molar-refractivity contribution in [3.8, 4) is 0 Å². The molecule has 0 amide bonds. The van der Waals surface area contributed by atoms with Crippen molar-refractivity contribution < 1.29 is 4.84 Å². The average Bonchev–Trinajstić information content (AvgIpc) is 1.80. The van der Waals surface area contributed by atoms with E-state index < -0.39 is 0 Å². The van der Waals surface area contributed by atoms with Crippen molar-refractivity contribution in [1.29, 1.82) is 0 Å². The molecule has 0 aliphatic carbocycles. The first-order chi connectivity index (χ1) is 4.52. The molecule has 2 nitrogen and oxygen atoms in total. The third-order valence-corrected chi connectivity index (χ3v) is 1.54. The SMILES string of the molecule is C=NOC(CC)C(C)(C)C. The Bertz CT molecular complexity index is 104. The predicted octanol–water partition coefficient (Wildman–Crippen LogP) is 2.44. The Labute approximate surface area is 63.3 Å². The van der Waals surface area contributed by atoms with Crippen molar-refractivity contribution in [3.05, 3.63) is 0 Å². The minimum absolute atomic E-state index is 0.163. The van der Waals surface area contributed by atoms with E-state index in [-0.39, 0.29) is 11.5 Å². The molecule has 0 aliphatic heterocycles. The first-order valence-electron chi connectivity index (χ1n) is 3.64. The highest BCUT2D eigenvalue weighted by atomic mass is 16.6. The molecule has 0 bridgehead atoms. The molecule has 0 aromatic heterocycles. The maximum absolute atomic E-state index is 5.07. The molecule has 60 valence electrons. The Morgan fingerprint density at radius 3 is 2.10 bits per heavy atom. The van der Waals surface area contributed by atoms with Crippen LogP contribution in [0.2, 0.25) is 0 Å². The van der Waals surface area contributed by atoms with E-state index >= 15 is 0 Å². The zero-order valence-corrected chi connectivity index (χ0v) is 7.35. The van der Waals surface area contributed by atoms with Crippen molar-refractivity contribution in [2.24, 2.45) is 10.6 Å². The topological polar surface area (TPSA) is 21.6 Å². The maximum atomic E-state index is 5.07. The molecule has 0 saturated carbocycles. The normalized spacial score (nSPS) is 14.4. The number of nitrogens with zero attached hydrogens (tertiary/aromatic N) is 1. The van der Waals surface area contributed by atoms with Crippen LogP contribution in [0.1, 0.15) is 34.1 Å². The van der Waals surface area contributed by atoms with Gasteiger partial charge in [-0.1, -0.05) is 27.7 Å². The van der Waals surface area contributed by atoms with Gasteiger partial charge in [0.05, 0.1) is 0 Å². The lowest BCUT2D eigenvalue weighted by Crippen LogP contribution is -2.26. The molecule has 0 aromatic rings. The van der Waals surface area contributed by atoms with Crippen LogP contribution >= 0.6 is 0 Å². The monoisotopic (exact) mass is 143 g/mol. The van der Waals surface area contributed by atoms with E-state index in [0.717, 1.165) is 6.42 Å². The summed E-state index contributed by atoms with van der Waals surface area (Å²) in [4.78, 5) is 5.07. The van der Waals surface area contributed by atoms with Gasteiger partial charge in [-0.15, -0.1) is 5.16 Å². The molecule has 0 radical (unpaired) electrons. The van der Waals surface area contributed by atoms with Gasteiger partial charge >= 0.3 is 0 Å². The molecule has 0 heterocycles. The van der Waals surface area contributed by atoms with Gasteiger partial charge in [0, 0.05) is 12.1 Å². The Morgan fingerprint density at radius 1 is 1.50 bits per heavy atom. The number of hydrogen-bond donors (Lipinski definition) is 0. The second kappa shape index (κ2) is 3.59. The predicted molar refractivity (Wildman–Crippen MR) is 44.2 cm³/mol. The van der Waals surface area contributed by atoms with Gasteiger partial charge in [0.2, 0.25) is 0 Å². The lowest BCUT2D eigenvalue weighted by molar-refractivity contribution is -0.0155. The van der Waals surface area contributed by atoms with Crippen LogP contribution < -0.4 is 0 Å². The van der Waals surface area contributed by atoms with E-state index in [1.165, 1.54) is 0 Å². The first kappa shape index (κ1) is 9.47. The summed E-state index contributed by atoms with van der Waals surface area (Å²) in [5, 5.41) is 3.42. The lowest BCUT2D eigenvalue weighted by Gasteiger charge is -2.26. The number of hydrogen-bond acceptors (Lipinski definition) is 2. The maximum Gasteiger partial charge on any atom is 0.132 e. The van der Waals surface area contributed by atoms with Crippen LogP contribution in [0, 0.1) is 5.41 Å². The fourth-order valence-corrected chi connectivity index (χ4v) is 0.935. The third-order valence-electron chi connectivity index (χ3n) is 1.54. The van der Waals surface area contributed by atoms with Crippen molar-refractivity contribution >= 4 is 6.72 Å². The van der Waals surface area contributed by atoms with Crippen LogP contribution in [0.25, 0.3) is 0 Å². The zero-order chi connectivity index (χ0) is 8.20. The Balaban J connectivity index is 3.92. The lowest BCUT2D eigenvalue weighted by atomic mass is 9.88. The van der Waals surface area contributed by atoms with Gasteiger partial charge in [0.1, 0.15) is 6.10 Å². The van der Waals surface area contributed by atoms with Gasteiger partial charge in [-0.25, -0.2) is 0 Å². The van der Waals surface area contributed by atoms with Crippen molar-refractivity contribution in [1.82, 2.24) is 0 Å². The van der Waals surface area contributed by atoms with E-state index in [2.05, 4.69) is 39.6 Å². The van der Waals surface area contributed by atoms with Gasteiger partial charge in [-0.05, 0) is 6.42 Å². The van der Waals surface area contributed by atoms with Crippen molar-refractivity contribution in [2.45, 2.75) is 40.2 Å². The fraction of sp³-hybridized carbons (Fsp3) is 0.875. The summed E-state index contributed by atoms with van der Waals surface area (Å²) in [6.07, 6.45) is 1.16. The van der Waals surface area contributed by atoms with Crippen LogP contribution in [0.15, 0.2) is 5.16 Å². The van der Waals surface area contributed by atoms with E-state index in [9.17, 15) is 0 Å². The second-order valence-electron chi connectivity index (χ2n) is 3.50. The molecule has 0 saturated heterocycles.